The highest BCUT2D eigenvalue weighted by Gasteiger charge is 2.34. The molecule has 0 amide bonds. The molecule has 0 aliphatic carbocycles. The van der Waals surface area contributed by atoms with Gasteiger partial charge in [-0.25, -0.2) is 13.4 Å². The van der Waals surface area contributed by atoms with Gasteiger partial charge in [-0.1, -0.05) is 19.1 Å². The molecule has 0 bridgehead atoms. The molecule has 0 saturated carbocycles. The van der Waals surface area contributed by atoms with Gasteiger partial charge in [-0.15, -0.1) is 11.3 Å². The lowest BCUT2D eigenvalue weighted by atomic mass is 10.1. The third-order valence-electron chi connectivity index (χ3n) is 3.15. The van der Waals surface area contributed by atoms with E-state index in [0.717, 1.165) is 15.8 Å². The first-order valence-corrected chi connectivity index (χ1v) is 8.82. The SMILES string of the molecule is CCN(C(C)(C)C)S(=O)(=O)c1nc2c(C)cccc2s1. The van der Waals surface area contributed by atoms with Gasteiger partial charge in [0.15, 0.2) is 0 Å². The van der Waals surface area contributed by atoms with Gasteiger partial charge in [-0.2, -0.15) is 4.31 Å². The minimum Gasteiger partial charge on any atom is -0.224 e. The predicted molar refractivity (Wildman–Crippen MR) is 83.7 cm³/mol. The van der Waals surface area contributed by atoms with Gasteiger partial charge in [0, 0.05) is 12.1 Å². The molecular weight excluding hydrogens is 292 g/mol. The molecule has 2 aromatic rings. The standard InChI is InChI=1S/C14H20N2O2S2/c1-6-16(14(3,4)5)20(17,18)13-15-12-10(2)8-7-9-11(12)19-13/h7-9H,6H2,1-5H3. The summed E-state index contributed by atoms with van der Waals surface area (Å²) in [5.74, 6) is 0. The number of aromatic nitrogens is 1. The van der Waals surface area contributed by atoms with Crippen LogP contribution in [0.4, 0.5) is 0 Å². The molecule has 0 aliphatic heterocycles. The van der Waals surface area contributed by atoms with Gasteiger partial charge < -0.3 is 0 Å². The second-order valence-corrected chi connectivity index (χ2v) is 8.81. The van der Waals surface area contributed by atoms with Crippen molar-refractivity contribution in [2.45, 2.75) is 44.5 Å². The fourth-order valence-corrected chi connectivity index (χ4v) is 5.47. The van der Waals surface area contributed by atoms with Crippen LogP contribution in [0.3, 0.4) is 0 Å². The van der Waals surface area contributed by atoms with E-state index in [-0.39, 0.29) is 4.34 Å². The minimum absolute atomic E-state index is 0.179. The van der Waals surface area contributed by atoms with Crippen molar-refractivity contribution < 1.29 is 8.42 Å². The number of hydrogen-bond acceptors (Lipinski definition) is 4. The Balaban J connectivity index is 2.60. The van der Waals surface area contributed by atoms with Crippen LogP contribution in [-0.4, -0.2) is 29.8 Å². The summed E-state index contributed by atoms with van der Waals surface area (Å²) in [6, 6.07) is 5.78. The van der Waals surface area contributed by atoms with Gasteiger partial charge in [-0.3, -0.25) is 0 Å². The van der Waals surface area contributed by atoms with E-state index in [9.17, 15) is 8.42 Å². The van der Waals surface area contributed by atoms with E-state index < -0.39 is 15.6 Å². The van der Waals surface area contributed by atoms with Gasteiger partial charge in [0.1, 0.15) is 0 Å². The van der Waals surface area contributed by atoms with Gasteiger partial charge in [0.25, 0.3) is 10.0 Å². The minimum atomic E-state index is -3.55. The lowest BCUT2D eigenvalue weighted by Gasteiger charge is -2.32. The summed E-state index contributed by atoms with van der Waals surface area (Å²) in [5, 5.41) is 0. The molecule has 0 fully saturated rings. The summed E-state index contributed by atoms with van der Waals surface area (Å²) in [6.45, 7) is 9.91. The van der Waals surface area contributed by atoms with Crippen LogP contribution in [0.1, 0.15) is 33.3 Å². The number of aryl methyl sites for hydroxylation is 1. The zero-order valence-corrected chi connectivity index (χ0v) is 14.1. The van der Waals surface area contributed by atoms with E-state index in [4.69, 9.17) is 0 Å². The molecular formula is C14H20N2O2S2. The molecule has 0 spiro atoms. The quantitative estimate of drug-likeness (QED) is 0.872. The van der Waals surface area contributed by atoms with Crippen LogP contribution in [0.5, 0.6) is 0 Å². The van der Waals surface area contributed by atoms with Gasteiger partial charge in [0.05, 0.1) is 10.2 Å². The van der Waals surface area contributed by atoms with Crippen molar-refractivity contribution in [2.75, 3.05) is 6.54 Å². The van der Waals surface area contributed by atoms with E-state index in [2.05, 4.69) is 4.98 Å². The first kappa shape index (κ1) is 15.4. The van der Waals surface area contributed by atoms with E-state index in [1.54, 1.807) is 0 Å². The summed E-state index contributed by atoms with van der Waals surface area (Å²) in [6.07, 6.45) is 0. The maximum Gasteiger partial charge on any atom is 0.270 e. The van der Waals surface area contributed by atoms with Crippen molar-refractivity contribution in [1.29, 1.82) is 0 Å². The second kappa shape index (κ2) is 5.09. The Morgan fingerprint density at radius 1 is 1.30 bits per heavy atom. The maximum absolute atomic E-state index is 12.8. The third-order valence-corrected chi connectivity index (χ3v) is 6.76. The zero-order chi connectivity index (χ0) is 15.1. The summed E-state index contributed by atoms with van der Waals surface area (Å²) in [7, 11) is -3.55. The van der Waals surface area contributed by atoms with E-state index >= 15 is 0 Å². The topological polar surface area (TPSA) is 50.3 Å². The van der Waals surface area contributed by atoms with Crippen molar-refractivity contribution in [3.63, 3.8) is 0 Å². The Morgan fingerprint density at radius 3 is 2.45 bits per heavy atom. The van der Waals surface area contributed by atoms with Crippen molar-refractivity contribution in [3.05, 3.63) is 23.8 Å². The summed E-state index contributed by atoms with van der Waals surface area (Å²) in [5.41, 5.74) is 1.32. The van der Waals surface area contributed by atoms with E-state index in [1.165, 1.54) is 15.6 Å². The molecule has 0 atom stereocenters. The number of thiazole rings is 1. The summed E-state index contributed by atoms with van der Waals surface area (Å²) < 4.78 is 28.1. The molecule has 4 nitrogen and oxygen atoms in total. The lowest BCUT2D eigenvalue weighted by molar-refractivity contribution is 0.259. The van der Waals surface area contributed by atoms with Crippen molar-refractivity contribution in [3.8, 4) is 0 Å². The fourth-order valence-electron chi connectivity index (χ4n) is 2.28. The maximum atomic E-state index is 12.8. The monoisotopic (exact) mass is 312 g/mol. The molecule has 0 N–H and O–H groups in total. The molecule has 1 aromatic heterocycles. The molecule has 0 aliphatic rings. The zero-order valence-electron chi connectivity index (χ0n) is 12.5. The van der Waals surface area contributed by atoms with Crippen molar-refractivity contribution >= 4 is 31.6 Å². The van der Waals surface area contributed by atoms with Crippen LogP contribution < -0.4 is 0 Å². The number of sulfonamides is 1. The number of para-hydroxylation sites is 1. The molecule has 2 rings (SSSR count). The third kappa shape index (κ3) is 2.60. The summed E-state index contributed by atoms with van der Waals surface area (Å²) in [4.78, 5) is 4.36. The smallest absolute Gasteiger partial charge is 0.224 e. The Morgan fingerprint density at radius 2 is 1.95 bits per heavy atom. The number of rotatable bonds is 3. The number of fused-ring (bicyclic) bond motifs is 1. The first-order chi connectivity index (χ1) is 9.17. The molecule has 6 heteroatoms. The van der Waals surface area contributed by atoms with Crippen LogP contribution in [0, 0.1) is 6.92 Å². The van der Waals surface area contributed by atoms with Gasteiger partial charge >= 0.3 is 0 Å². The molecule has 1 heterocycles. The van der Waals surface area contributed by atoms with Crippen molar-refractivity contribution in [2.24, 2.45) is 0 Å². The largest absolute Gasteiger partial charge is 0.270 e. The predicted octanol–water partition coefficient (Wildman–Crippen LogP) is 3.41. The number of benzene rings is 1. The Hall–Kier alpha value is -0.980. The molecule has 110 valence electrons. The molecule has 0 radical (unpaired) electrons. The first-order valence-electron chi connectivity index (χ1n) is 6.57. The van der Waals surface area contributed by atoms with Gasteiger partial charge in [-0.05, 0) is 39.3 Å². The molecule has 0 saturated heterocycles. The lowest BCUT2D eigenvalue weighted by Crippen LogP contribution is -2.45. The highest BCUT2D eigenvalue weighted by Crippen LogP contribution is 2.31. The molecule has 0 unspecified atom stereocenters. The van der Waals surface area contributed by atoms with Crippen LogP contribution >= 0.6 is 11.3 Å². The van der Waals surface area contributed by atoms with Crippen LogP contribution in [0.15, 0.2) is 22.5 Å². The highest BCUT2D eigenvalue weighted by atomic mass is 32.2. The van der Waals surface area contributed by atoms with Crippen LogP contribution in [-0.2, 0) is 10.0 Å². The molecule has 1 aromatic carbocycles. The van der Waals surface area contributed by atoms with Crippen molar-refractivity contribution in [1.82, 2.24) is 9.29 Å². The summed E-state index contributed by atoms with van der Waals surface area (Å²) >= 11 is 1.24. The average molecular weight is 312 g/mol. The Labute approximate surface area is 124 Å². The number of nitrogens with zero attached hydrogens (tertiary/aromatic N) is 2. The Kier molecular flexibility index (Phi) is 3.92. The Bertz CT molecular complexity index is 727. The van der Waals surface area contributed by atoms with E-state index in [1.807, 2.05) is 52.8 Å². The molecule has 20 heavy (non-hydrogen) atoms. The van der Waals surface area contributed by atoms with Crippen LogP contribution in [0.25, 0.3) is 10.2 Å². The fraction of sp³-hybridized carbons (Fsp3) is 0.500. The van der Waals surface area contributed by atoms with E-state index in [0.29, 0.717) is 6.54 Å². The normalized spacial score (nSPS) is 13.3. The highest BCUT2D eigenvalue weighted by molar-refractivity contribution is 7.91. The van der Waals surface area contributed by atoms with Gasteiger partial charge in [0.2, 0.25) is 4.34 Å². The average Bonchev–Trinajstić information content (AvgIpc) is 2.73. The van der Waals surface area contributed by atoms with Crippen LogP contribution in [0.2, 0.25) is 0 Å². The number of hydrogen-bond donors (Lipinski definition) is 0. The second-order valence-electron chi connectivity index (χ2n) is 5.74.